The molecule has 0 aliphatic carbocycles. The van der Waals surface area contributed by atoms with Crippen molar-refractivity contribution in [2.24, 2.45) is 7.05 Å². The largest absolute Gasteiger partial charge is 0.445 e. The molecule has 2 aliphatic heterocycles. The molecule has 2 saturated heterocycles. The first-order valence-corrected chi connectivity index (χ1v) is 11.3. The number of benzene rings is 2. The molecule has 4 amide bonds. The molecule has 3 aromatic rings. The van der Waals surface area contributed by atoms with Crippen molar-refractivity contribution in [2.45, 2.75) is 13.0 Å². The monoisotopic (exact) mass is 462 g/mol. The zero-order chi connectivity index (χ0) is 23.7. The number of hydrogen-bond acceptors (Lipinski definition) is 6. The number of nitrogens with zero attached hydrogens (tertiary/aromatic N) is 5. The van der Waals surface area contributed by atoms with Crippen molar-refractivity contribution >= 4 is 40.4 Å². The number of hydrogen-bond donors (Lipinski definition) is 1. The van der Waals surface area contributed by atoms with Crippen LogP contribution in [0.25, 0.3) is 10.9 Å². The third-order valence-electron chi connectivity index (χ3n) is 6.23. The normalized spacial score (nSPS) is 16.7. The molecule has 1 aromatic heterocycles. The third-order valence-corrected chi connectivity index (χ3v) is 6.23. The molecule has 2 aromatic carbocycles. The van der Waals surface area contributed by atoms with Gasteiger partial charge in [0.2, 0.25) is 5.91 Å². The van der Waals surface area contributed by atoms with Crippen LogP contribution >= 0.6 is 0 Å². The molecule has 0 bridgehead atoms. The van der Waals surface area contributed by atoms with Crippen LogP contribution in [0.5, 0.6) is 0 Å². The fraction of sp³-hybridized carbons (Fsp3) is 0.333. The topological polar surface area (TPSA) is 100 Å². The summed E-state index contributed by atoms with van der Waals surface area (Å²) in [5.74, 6) is 0.270. The van der Waals surface area contributed by atoms with E-state index in [-0.39, 0.29) is 25.0 Å². The Bertz CT molecular complexity index is 1230. The molecular weight excluding hydrogens is 436 g/mol. The van der Waals surface area contributed by atoms with Crippen LogP contribution in [-0.2, 0) is 23.2 Å². The summed E-state index contributed by atoms with van der Waals surface area (Å²) in [5.41, 5.74) is 2.88. The van der Waals surface area contributed by atoms with Crippen molar-refractivity contribution in [3.05, 3.63) is 54.1 Å². The highest BCUT2D eigenvalue weighted by molar-refractivity contribution is 6.09. The van der Waals surface area contributed by atoms with Crippen molar-refractivity contribution < 1.29 is 19.1 Å². The molecule has 3 heterocycles. The Balaban J connectivity index is 1.24. The summed E-state index contributed by atoms with van der Waals surface area (Å²) in [6.07, 6.45) is -0.0477. The smallest absolute Gasteiger partial charge is 0.410 e. The van der Waals surface area contributed by atoms with Crippen LogP contribution in [0, 0.1) is 0 Å². The molecule has 0 spiro atoms. The molecule has 176 valence electrons. The summed E-state index contributed by atoms with van der Waals surface area (Å²) in [7, 11) is 1.84. The number of carbonyl (C=O) groups excluding carboxylic acids is 3. The molecule has 10 heteroatoms. The standard InChI is InChI=1S/C24H26N6O4/c1-27-20-15-18(7-8-19(20)22(26-27)30-10-9-21(31)25-23(30)32)28-11-13-29(14-12-28)24(33)34-16-17-5-3-2-4-6-17/h2-8,15H,9-14,16H2,1H3,(H,25,31,32). The second-order valence-corrected chi connectivity index (χ2v) is 8.42. The summed E-state index contributed by atoms with van der Waals surface area (Å²) in [5, 5.41) is 7.73. The maximum absolute atomic E-state index is 12.4. The Morgan fingerprint density at radius 2 is 1.79 bits per heavy atom. The van der Waals surface area contributed by atoms with Gasteiger partial charge in [0, 0.05) is 57.3 Å². The summed E-state index contributed by atoms with van der Waals surface area (Å²) in [4.78, 5) is 41.7. The lowest BCUT2D eigenvalue weighted by Crippen LogP contribution is -2.49. The zero-order valence-electron chi connectivity index (χ0n) is 18.9. The van der Waals surface area contributed by atoms with Gasteiger partial charge in [-0.25, -0.2) is 9.59 Å². The molecule has 0 unspecified atom stereocenters. The van der Waals surface area contributed by atoms with Gasteiger partial charge in [-0.3, -0.25) is 19.7 Å². The first kappa shape index (κ1) is 21.7. The molecule has 0 saturated carbocycles. The summed E-state index contributed by atoms with van der Waals surface area (Å²) in [6, 6.07) is 15.2. The number of imide groups is 1. The minimum atomic E-state index is -0.449. The Hall–Kier alpha value is -4.08. The maximum Gasteiger partial charge on any atom is 0.410 e. The van der Waals surface area contributed by atoms with Crippen molar-refractivity contribution in [3.8, 4) is 0 Å². The van der Waals surface area contributed by atoms with Gasteiger partial charge in [-0.2, -0.15) is 5.10 Å². The van der Waals surface area contributed by atoms with Gasteiger partial charge in [-0.15, -0.1) is 0 Å². The first-order valence-electron chi connectivity index (χ1n) is 11.3. The number of urea groups is 1. The van der Waals surface area contributed by atoms with Crippen molar-refractivity contribution in [1.29, 1.82) is 0 Å². The predicted octanol–water partition coefficient (Wildman–Crippen LogP) is 2.48. The number of ether oxygens (including phenoxy) is 1. The Morgan fingerprint density at radius 3 is 2.53 bits per heavy atom. The van der Waals surface area contributed by atoms with Crippen molar-refractivity contribution in [1.82, 2.24) is 20.0 Å². The van der Waals surface area contributed by atoms with Crippen LogP contribution in [0.15, 0.2) is 48.5 Å². The second kappa shape index (κ2) is 9.05. The second-order valence-electron chi connectivity index (χ2n) is 8.42. The summed E-state index contributed by atoms with van der Waals surface area (Å²) < 4.78 is 7.20. The average molecular weight is 463 g/mol. The minimum Gasteiger partial charge on any atom is -0.445 e. The number of anilines is 2. The van der Waals surface area contributed by atoms with Gasteiger partial charge in [-0.1, -0.05) is 30.3 Å². The van der Waals surface area contributed by atoms with E-state index in [1.54, 1.807) is 9.58 Å². The quantitative estimate of drug-likeness (QED) is 0.640. The number of carbonyl (C=O) groups is 3. The number of aromatic nitrogens is 2. The Kier molecular flexibility index (Phi) is 5.79. The van der Waals surface area contributed by atoms with E-state index in [1.165, 1.54) is 4.90 Å². The first-order chi connectivity index (χ1) is 16.5. The van der Waals surface area contributed by atoms with Gasteiger partial charge in [0.25, 0.3) is 0 Å². The molecule has 34 heavy (non-hydrogen) atoms. The van der Waals surface area contributed by atoms with Gasteiger partial charge in [-0.05, 0) is 23.8 Å². The number of aryl methyl sites for hydroxylation is 1. The lowest BCUT2D eigenvalue weighted by atomic mass is 10.1. The van der Waals surface area contributed by atoms with Gasteiger partial charge in [0.1, 0.15) is 6.61 Å². The fourth-order valence-corrected chi connectivity index (χ4v) is 4.35. The number of piperazine rings is 1. The average Bonchev–Trinajstić information content (AvgIpc) is 3.19. The van der Waals surface area contributed by atoms with E-state index in [4.69, 9.17) is 4.74 Å². The fourth-order valence-electron chi connectivity index (χ4n) is 4.35. The molecule has 0 atom stereocenters. The van der Waals surface area contributed by atoms with Gasteiger partial charge in [0.05, 0.1) is 5.52 Å². The summed E-state index contributed by atoms with van der Waals surface area (Å²) in [6.45, 7) is 3.10. The van der Waals surface area contributed by atoms with E-state index < -0.39 is 6.03 Å². The van der Waals surface area contributed by atoms with Gasteiger partial charge in [0.15, 0.2) is 5.82 Å². The zero-order valence-corrected chi connectivity index (χ0v) is 18.9. The predicted molar refractivity (Wildman–Crippen MR) is 127 cm³/mol. The summed E-state index contributed by atoms with van der Waals surface area (Å²) >= 11 is 0. The molecule has 5 rings (SSSR count). The van der Waals surface area contributed by atoms with E-state index >= 15 is 0 Å². The van der Waals surface area contributed by atoms with Crippen LogP contribution < -0.4 is 15.1 Å². The van der Waals surface area contributed by atoms with Crippen LogP contribution in [0.3, 0.4) is 0 Å². The van der Waals surface area contributed by atoms with Crippen LogP contribution in [-0.4, -0.2) is 65.4 Å². The van der Waals surface area contributed by atoms with E-state index in [0.717, 1.165) is 22.2 Å². The minimum absolute atomic E-state index is 0.250. The van der Waals surface area contributed by atoms with E-state index in [2.05, 4.69) is 15.3 Å². The van der Waals surface area contributed by atoms with Crippen molar-refractivity contribution in [2.75, 3.05) is 42.5 Å². The Morgan fingerprint density at radius 1 is 1.03 bits per heavy atom. The van der Waals surface area contributed by atoms with E-state index in [0.29, 0.717) is 38.5 Å². The lowest BCUT2D eigenvalue weighted by Gasteiger charge is -2.35. The van der Waals surface area contributed by atoms with Crippen LogP contribution in [0.1, 0.15) is 12.0 Å². The molecule has 2 fully saturated rings. The number of nitrogens with one attached hydrogen (secondary N) is 1. The molecular formula is C24H26N6O4. The van der Waals surface area contributed by atoms with E-state index in [1.807, 2.05) is 55.6 Å². The highest BCUT2D eigenvalue weighted by atomic mass is 16.6. The molecule has 1 N–H and O–H groups in total. The highest BCUT2D eigenvalue weighted by Gasteiger charge is 2.28. The number of rotatable bonds is 4. The Labute approximate surface area is 196 Å². The maximum atomic E-state index is 12.4. The third kappa shape index (κ3) is 4.26. The molecule has 0 radical (unpaired) electrons. The van der Waals surface area contributed by atoms with E-state index in [9.17, 15) is 14.4 Å². The SMILES string of the molecule is Cn1nc(N2CCC(=O)NC2=O)c2ccc(N3CCN(C(=O)OCc4ccccc4)CC3)cc21. The van der Waals surface area contributed by atoms with Crippen LogP contribution in [0.2, 0.25) is 0 Å². The van der Waals surface area contributed by atoms with Gasteiger partial charge < -0.3 is 14.5 Å². The van der Waals surface area contributed by atoms with Crippen LogP contribution in [0.4, 0.5) is 21.1 Å². The number of amides is 4. The van der Waals surface area contributed by atoms with Gasteiger partial charge >= 0.3 is 12.1 Å². The molecule has 10 nitrogen and oxygen atoms in total. The highest BCUT2D eigenvalue weighted by Crippen LogP contribution is 2.30. The lowest BCUT2D eigenvalue weighted by molar-refractivity contribution is -0.120. The van der Waals surface area contributed by atoms with Crippen molar-refractivity contribution in [3.63, 3.8) is 0 Å². The number of fused-ring (bicyclic) bond motifs is 1. The molecule has 2 aliphatic rings.